The van der Waals surface area contributed by atoms with E-state index in [4.69, 9.17) is 11.6 Å². The molecule has 0 aromatic carbocycles. The van der Waals surface area contributed by atoms with E-state index in [1.54, 1.807) is 0 Å². The standard InChI is InChI=1S/C14H22ClN3/c1-3-16-9-11-8-13(15)14(17-10-11)18(2)12-6-4-5-7-12/h8,10,12,16H,3-7,9H2,1-2H3. The van der Waals surface area contributed by atoms with Gasteiger partial charge in [0, 0.05) is 25.8 Å². The van der Waals surface area contributed by atoms with Gasteiger partial charge >= 0.3 is 0 Å². The van der Waals surface area contributed by atoms with Crippen molar-refractivity contribution in [3.05, 3.63) is 22.8 Å². The summed E-state index contributed by atoms with van der Waals surface area (Å²) in [6, 6.07) is 2.63. The van der Waals surface area contributed by atoms with E-state index >= 15 is 0 Å². The van der Waals surface area contributed by atoms with Gasteiger partial charge in [-0.1, -0.05) is 31.4 Å². The first-order chi connectivity index (χ1) is 8.72. The van der Waals surface area contributed by atoms with E-state index in [9.17, 15) is 0 Å². The number of nitrogens with one attached hydrogen (secondary N) is 1. The highest BCUT2D eigenvalue weighted by Gasteiger charge is 2.22. The maximum absolute atomic E-state index is 6.35. The zero-order chi connectivity index (χ0) is 13.0. The van der Waals surface area contributed by atoms with Crippen LogP contribution in [0.5, 0.6) is 0 Å². The van der Waals surface area contributed by atoms with Crippen LogP contribution in [0.1, 0.15) is 38.2 Å². The van der Waals surface area contributed by atoms with Gasteiger partial charge in [-0.05, 0) is 31.0 Å². The second-order valence-corrected chi connectivity index (χ2v) is 5.39. The quantitative estimate of drug-likeness (QED) is 0.888. The second kappa shape index (κ2) is 6.39. The predicted molar refractivity (Wildman–Crippen MR) is 77.3 cm³/mol. The van der Waals surface area contributed by atoms with Crippen molar-refractivity contribution in [3.8, 4) is 0 Å². The lowest BCUT2D eigenvalue weighted by Gasteiger charge is -2.26. The molecule has 0 radical (unpaired) electrons. The minimum atomic E-state index is 0.606. The lowest BCUT2D eigenvalue weighted by atomic mass is 10.2. The smallest absolute Gasteiger partial charge is 0.147 e. The maximum atomic E-state index is 6.35. The number of halogens is 1. The minimum absolute atomic E-state index is 0.606. The molecule has 2 rings (SSSR count). The third-order valence-corrected chi connectivity index (χ3v) is 3.94. The monoisotopic (exact) mass is 267 g/mol. The van der Waals surface area contributed by atoms with Crippen LogP contribution in [-0.4, -0.2) is 24.6 Å². The number of hydrogen-bond acceptors (Lipinski definition) is 3. The van der Waals surface area contributed by atoms with Crippen LogP contribution in [0.25, 0.3) is 0 Å². The molecule has 0 spiro atoms. The van der Waals surface area contributed by atoms with E-state index in [-0.39, 0.29) is 0 Å². The van der Waals surface area contributed by atoms with Crippen LogP contribution < -0.4 is 10.2 Å². The molecule has 4 heteroatoms. The molecule has 1 aromatic rings. The summed E-state index contributed by atoms with van der Waals surface area (Å²) >= 11 is 6.35. The Morgan fingerprint density at radius 3 is 2.78 bits per heavy atom. The highest BCUT2D eigenvalue weighted by molar-refractivity contribution is 6.33. The molecule has 1 aromatic heterocycles. The van der Waals surface area contributed by atoms with Crippen LogP contribution in [0.4, 0.5) is 5.82 Å². The first-order valence-electron chi connectivity index (χ1n) is 6.80. The zero-order valence-corrected chi connectivity index (χ0v) is 12.0. The molecule has 3 nitrogen and oxygen atoms in total. The van der Waals surface area contributed by atoms with Crippen LogP contribution in [0.3, 0.4) is 0 Å². The lowest BCUT2D eigenvalue weighted by Crippen LogP contribution is -2.29. The molecule has 0 saturated heterocycles. The van der Waals surface area contributed by atoms with Crippen molar-refractivity contribution in [1.29, 1.82) is 0 Å². The SMILES string of the molecule is CCNCc1cnc(N(C)C2CCCC2)c(Cl)c1. The van der Waals surface area contributed by atoms with E-state index in [2.05, 4.69) is 29.2 Å². The molecule has 0 unspecified atom stereocenters. The van der Waals surface area contributed by atoms with Crippen molar-refractivity contribution in [3.63, 3.8) is 0 Å². The summed E-state index contributed by atoms with van der Waals surface area (Å²) in [5.74, 6) is 0.920. The molecule has 1 saturated carbocycles. The van der Waals surface area contributed by atoms with Gasteiger partial charge in [0.15, 0.2) is 0 Å². The molecule has 0 bridgehead atoms. The van der Waals surface area contributed by atoms with E-state index < -0.39 is 0 Å². The number of rotatable bonds is 5. The molecule has 1 fully saturated rings. The Hall–Kier alpha value is -0.800. The molecule has 100 valence electrons. The summed E-state index contributed by atoms with van der Waals surface area (Å²) in [4.78, 5) is 6.77. The topological polar surface area (TPSA) is 28.2 Å². The normalized spacial score (nSPS) is 16.2. The van der Waals surface area contributed by atoms with E-state index in [1.165, 1.54) is 25.7 Å². The summed E-state index contributed by atoms with van der Waals surface area (Å²) in [5.41, 5.74) is 1.14. The van der Waals surface area contributed by atoms with Crippen LogP contribution in [0.15, 0.2) is 12.3 Å². The Morgan fingerprint density at radius 2 is 2.17 bits per heavy atom. The summed E-state index contributed by atoms with van der Waals surface area (Å²) in [7, 11) is 2.11. The molecule has 1 aliphatic rings. The molecule has 1 heterocycles. The molecule has 0 amide bonds. The first-order valence-corrected chi connectivity index (χ1v) is 7.18. The maximum Gasteiger partial charge on any atom is 0.147 e. The second-order valence-electron chi connectivity index (χ2n) is 4.98. The fourth-order valence-corrected chi connectivity index (χ4v) is 2.88. The average Bonchev–Trinajstić information content (AvgIpc) is 2.89. The fourth-order valence-electron chi connectivity index (χ4n) is 2.56. The van der Waals surface area contributed by atoms with Crippen molar-refractivity contribution < 1.29 is 0 Å². The van der Waals surface area contributed by atoms with Crippen molar-refractivity contribution in [2.75, 3.05) is 18.5 Å². The van der Waals surface area contributed by atoms with Gasteiger partial charge in [0.1, 0.15) is 5.82 Å². The Morgan fingerprint density at radius 1 is 1.44 bits per heavy atom. The fraction of sp³-hybridized carbons (Fsp3) is 0.643. The first kappa shape index (κ1) is 13.6. The van der Waals surface area contributed by atoms with E-state index in [1.807, 2.05) is 12.3 Å². The van der Waals surface area contributed by atoms with Gasteiger partial charge in [-0.15, -0.1) is 0 Å². The number of nitrogens with zero attached hydrogens (tertiary/aromatic N) is 2. The highest BCUT2D eigenvalue weighted by atomic mass is 35.5. The third kappa shape index (κ3) is 3.15. The van der Waals surface area contributed by atoms with Gasteiger partial charge < -0.3 is 10.2 Å². The van der Waals surface area contributed by atoms with Crippen molar-refractivity contribution in [2.45, 2.75) is 45.2 Å². The molecule has 18 heavy (non-hydrogen) atoms. The van der Waals surface area contributed by atoms with Gasteiger partial charge in [-0.2, -0.15) is 0 Å². The van der Waals surface area contributed by atoms with Gasteiger partial charge in [0.05, 0.1) is 5.02 Å². The highest BCUT2D eigenvalue weighted by Crippen LogP contribution is 2.30. The Labute approximate surface area is 115 Å². The van der Waals surface area contributed by atoms with Crippen LogP contribution in [0, 0.1) is 0 Å². The Kier molecular flexibility index (Phi) is 4.84. The largest absolute Gasteiger partial charge is 0.355 e. The zero-order valence-electron chi connectivity index (χ0n) is 11.2. The summed E-state index contributed by atoms with van der Waals surface area (Å²) in [5, 5.41) is 4.05. The van der Waals surface area contributed by atoms with Gasteiger partial charge in [0.25, 0.3) is 0 Å². The summed E-state index contributed by atoms with van der Waals surface area (Å²) in [6.07, 6.45) is 7.09. The summed E-state index contributed by atoms with van der Waals surface area (Å²) < 4.78 is 0. The van der Waals surface area contributed by atoms with Crippen LogP contribution in [-0.2, 0) is 6.54 Å². The van der Waals surface area contributed by atoms with Crippen molar-refractivity contribution >= 4 is 17.4 Å². The molecular formula is C14H22ClN3. The van der Waals surface area contributed by atoms with E-state index in [0.717, 1.165) is 29.5 Å². The molecule has 0 atom stereocenters. The average molecular weight is 268 g/mol. The Balaban J connectivity index is 2.08. The number of hydrogen-bond donors (Lipinski definition) is 1. The molecule has 0 aliphatic heterocycles. The van der Waals surface area contributed by atoms with Crippen LogP contribution in [0.2, 0.25) is 5.02 Å². The molecule has 1 aliphatic carbocycles. The number of aromatic nitrogens is 1. The number of pyridine rings is 1. The van der Waals surface area contributed by atoms with E-state index in [0.29, 0.717) is 6.04 Å². The predicted octanol–water partition coefficient (Wildman–Crippen LogP) is 3.22. The number of anilines is 1. The molecular weight excluding hydrogens is 246 g/mol. The van der Waals surface area contributed by atoms with Gasteiger partial charge in [-0.3, -0.25) is 0 Å². The Bertz CT molecular complexity index is 389. The third-order valence-electron chi connectivity index (χ3n) is 3.66. The van der Waals surface area contributed by atoms with Gasteiger partial charge in [0.2, 0.25) is 0 Å². The van der Waals surface area contributed by atoms with Gasteiger partial charge in [-0.25, -0.2) is 4.98 Å². The summed E-state index contributed by atoms with van der Waals surface area (Å²) in [6.45, 7) is 3.88. The van der Waals surface area contributed by atoms with Crippen molar-refractivity contribution in [1.82, 2.24) is 10.3 Å². The lowest BCUT2D eigenvalue weighted by molar-refractivity contribution is 0.645. The van der Waals surface area contributed by atoms with Crippen LogP contribution >= 0.6 is 11.6 Å². The minimum Gasteiger partial charge on any atom is -0.355 e. The van der Waals surface area contributed by atoms with Crippen molar-refractivity contribution in [2.24, 2.45) is 0 Å². The molecule has 1 N–H and O–H groups in total.